The lowest BCUT2D eigenvalue weighted by atomic mass is 10.1. The van der Waals surface area contributed by atoms with E-state index in [4.69, 9.17) is 14.2 Å². The molecule has 1 atom stereocenters. The molecule has 0 N–H and O–H groups in total. The predicted molar refractivity (Wildman–Crippen MR) is 269 cm³/mol. The zero-order chi connectivity index (χ0) is 45.8. The van der Waals surface area contributed by atoms with Crippen LogP contribution in [0.25, 0.3) is 0 Å². The first kappa shape index (κ1) is 58.8. The van der Waals surface area contributed by atoms with Crippen molar-refractivity contribution in [3.05, 3.63) is 122 Å². The maximum atomic E-state index is 12.8. The molecule has 0 rings (SSSR count). The molecule has 354 valence electrons. The fourth-order valence-corrected chi connectivity index (χ4v) is 6.28. The van der Waals surface area contributed by atoms with Crippen LogP contribution in [0.3, 0.4) is 0 Å². The Hall–Kier alpha value is -4.19. The van der Waals surface area contributed by atoms with Gasteiger partial charge in [0.05, 0.1) is 0 Å². The van der Waals surface area contributed by atoms with Crippen molar-refractivity contribution in [2.45, 2.75) is 207 Å². The van der Waals surface area contributed by atoms with Crippen molar-refractivity contribution in [2.75, 3.05) is 13.2 Å². The van der Waals surface area contributed by atoms with Gasteiger partial charge in [0.15, 0.2) is 6.10 Å². The molecule has 0 amide bonds. The van der Waals surface area contributed by atoms with E-state index in [0.717, 1.165) is 103 Å². The highest BCUT2D eigenvalue weighted by atomic mass is 16.6. The number of hydrogen-bond acceptors (Lipinski definition) is 6. The van der Waals surface area contributed by atoms with E-state index in [-0.39, 0.29) is 44.0 Å². The van der Waals surface area contributed by atoms with Gasteiger partial charge in [-0.3, -0.25) is 14.4 Å². The summed E-state index contributed by atoms with van der Waals surface area (Å²) in [6, 6.07) is 0. The Morgan fingerprint density at radius 1 is 0.333 bits per heavy atom. The highest BCUT2D eigenvalue weighted by molar-refractivity contribution is 5.71. The largest absolute Gasteiger partial charge is 0.462 e. The Morgan fingerprint density at radius 3 is 1.06 bits per heavy atom. The van der Waals surface area contributed by atoms with Crippen molar-refractivity contribution >= 4 is 17.9 Å². The molecule has 0 fully saturated rings. The second kappa shape index (κ2) is 50.5. The van der Waals surface area contributed by atoms with Crippen LogP contribution in [0, 0.1) is 0 Å². The molecular formula is C57H90O6. The van der Waals surface area contributed by atoms with E-state index < -0.39 is 6.10 Å². The molecular weight excluding hydrogens is 781 g/mol. The van der Waals surface area contributed by atoms with Crippen LogP contribution in [-0.4, -0.2) is 37.2 Å². The fraction of sp³-hybridized carbons (Fsp3) is 0.596. The van der Waals surface area contributed by atoms with Gasteiger partial charge in [-0.15, -0.1) is 0 Å². The van der Waals surface area contributed by atoms with Crippen LogP contribution < -0.4 is 0 Å². The summed E-state index contributed by atoms with van der Waals surface area (Å²) in [5.41, 5.74) is 0. The molecule has 0 saturated carbocycles. The van der Waals surface area contributed by atoms with E-state index in [2.05, 4.69) is 130 Å². The summed E-state index contributed by atoms with van der Waals surface area (Å²) < 4.78 is 16.7. The highest BCUT2D eigenvalue weighted by Gasteiger charge is 2.19. The molecule has 0 radical (unpaired) electrons. The third-order valence-corrected chi connectivity index (χ3v) is 9.98. The lowest BCUT2D eigenvalue weighted by molar-refractivity contribution is -0.166. The van der Waals surface area contributed by atoms with Crippen molar-refractivity contribution in [1.29, 1.82) is 0 Å². The van der Waals surface area contributed by atoms with Gasteiger partial charge in [0.2, 0.25) is 0 Å². The second-order valence-electron chi connectivity index (χ2n) is 16.0. The highest BCUT2D eigenvalue weighted by Crippen LogP contribution is 2.13. The topological polar surface area (TPSA) is 78.9 Å². The molecule has 0 aliphatic carbocycles. The van der Waals surface area contributed by atoms with Gasteiger partial charge in [-0.05, 0) is 96.3 Å². The summed E-state index contributed by atoms with van der Waals surface area (Å²) >= 11 is 0. The number of allylic oxidation sites excluding steroid dienone is 20. The molecule has 0 aromatic heterocycles. The van der Waals surface area contributed by atoms with Gasteiger partial charge in [0.1, 0.15) is 13.2 Å². The molecule has 0 aliphatic rings. The molecule has 6 heteroatoms. The smallest absolute Gasteiger partial charge is 0.306 e. The average molecular weight is 871 g/mol. The van der Waals surface area contributed by atoms with Crippen LogP contribution in [0.4, 0.5) is 0 Å². The van der Waals surface area contributed by atoms with E-state index in [1.54, 1.807) is 0 Å². The SMILES string of the molecule is CC/C=C\C/C=C\C/C=C\C/C=C\C/C=C\C/C=C\CCC(=O)OCC(COC(=O)CCCCCCCCCCCC)OC(=O)CCCCC/C=C\C/C=C\C/C=C\C/C=C\CC. The number of ether oxygens (including phenoxy) is 3. The third-order valence-electron chi connectivity index (χ3n) is 9.98. The predicted octanol–water partition coefficient (Wildman–Crippen LogP) is 16.5. The molecule has 0 spiro atoms. The van der Waals surface area contributed by atoms with Crippen LogP contribution in [0.1, 0.15) is 201 Å². The fourth-order valence-electron chi connectivity index (χ4n) is 6.28. The monoisotopic (exact) mass is 871 g/mol. The Bertz CT molecular complexity index is 1370. The first-order valence-electron chi connectivity index (χ1n) is 25.0. The normalized spacial score (nSPS) is 13.1. The second-order valence-corrected chi connectivity index (χ2v) is 16.0. The first-order chi connectivity index (χ1) is 31.0. The lowest BCUT2D eigenvalue weighted by Gasteiger charge is -2.18. The van der Waals surface area contributed by atoms with E-state index >= 15 is 0 Å². The van der Waals surface area contributed by atoms with Crippen LogP contribution in [0.15, 0.2) is 122 Å². The minimum atomic E-state index is -0.826. The minimum Gasteiger partial charge on any atom is -0.462 e. The summed E-state index contributed by atoms with van der Waals surface area (Å²) in [6.45, 7) is 6.28. The molecule has 0 aromatic rings. The van der Waals surface area contributed by atoms with Crippen molar-refractivity contribution in [2.24, 2.45) is 0 Å². The number of carbonyl (C=O) groups excluding carboxylic acids is 3. The van der Waals surface area contributed by atoms with Crippen LogP contribution >= 0.6 is 0 Å². The Morgan fingerprint density at radius 2 is 0.651 bits per heavy atom. The summed E-state index contributed by atoms with van der Waals surface area (Å²) in [7, 11) is 0. The van der Waals surface area contributed by atoms with Gasteiger partial charge in [-0.2, -0.15) is 0 Å². The average Bonchev–Trinajstić information content (AvgIpc) is 3.28. The third kappa shape index (κ3) is 48.7. The number of hydrogen-bond donors (Lipinski definition) is 0. The zero-order valence-corrected chi connectivity index (χ0v) is 40.3. The Balaban J connectivity index is 4.55. The van der Waals surface area contributed by atoms with Gasteiger partial charge >= 0.3 is 17.9 Å². The summed E-state index contributed by atoms with van der Waals surface area (Å²) in [5.74, 6) is -1.05. The molecule has 0 heterocycles. The van der Waals surface area contributed by atoms with Crippen molar-refractivity contribution in [1.82, 2.24) is 0 Å². The molecule has 6 nitrogen and oxygen atoms in total. The Labute approximate surface area is 386 Å². The van der Waals surface area contributed by atoms with Crippen molar-refractivity contribution < 1.29 is 28.6 Å². The molecule has 0 aromatic carbocycles. The van der Waals surface area contributed by atoms with Gasteiger partial charge in [0.25, 0.3) is 0 Å². The molecule has 1 unspecified atom stereocenters. The van der Waals surface area contributed by atoms with E-state index in [1.165, 1.54) is 44.9 Å². The van der Waals surface area contributed by atoms with Gasteiger partial charge < -0.3 is 14.2 Å². The molecule has 0 aliphatic heterocycles. The summed E-state index contributed by atoms with van der Waals surface area (Å²) in [4.78, 5) is 37.9. The van der Waals surface area contributed by atoms with Crippen molar-refractivity contribution in [3.8, 4) is 0 Å². The van der Waals surface area contributed by atoms with E-state index in [0.29, 0.717) is 19.3 Å². The molecule has 0 bridgehead atoms. The van der Waals surface area contributed by atoms with Crippen molar-refractivity contribution in [3.63, 3.8) is 0 Å². The summed E-state index contributed by atoms with van der Waals surface area (Å²) in [6.07, 6.45) is 69.1. The molecule has 0 saturated heterocycles. The number of unbranched alkanes of at least 4 members (excludes halogenated alkanes) is 12. The quantitative estimate of drug-likeness (QED) is 0.0263. The first-order valence-corrected chi connectivity index (χ1v) is 25.0. The van der Waals surface area contributed by atoms with Gasteiger partial charge in [0, 0.05) is 19.3 Å². The number of rotatable bonds is 43. The Kier molecular flexibility index (Phi) is 47.1. The van der Waals surface area contributed by atoms with Gasteiger partial charge in [-0.1, -0.05) is 206 Å². The number of carbonyl (C=O) groups is 3. The lowest BCUT2D eigenvalue weighted by Crippen LogP contribution is -2.30. The molecule has 63 heavy (non-hydrogen) atoms. The van der Waals surface area contributed by atoms with Crippen LogP contribution in [-0.2, 0) is 28.6 Å². The zero-order valence-electron chi connectivity index (χ0n) is 40.3. The van der Waals surface area contributed by atoms with Gasteiger partial charge in [-0.25, -0.2) is 0 Å². The summed E-state index contributed by atoms with van der Waals surface area (Å²) in [5, 5.41) is 0. The van der Waals surface area contributed by atoms with Crippen LogP contribution in [0.5, 0.6) is 0 Å². The number of esters is 3. The van der Waals surface area contributed by atoms with E-state index in [9.17, 15) is 14.4 Å². The maximum Gasteiger partial charge on any atom is 0.306 e. The van der Waals surface area contributed by atoms with Crippen LogP contribution in [0.2, 0.25) is 0 Å². The van der Waals surface area contributed by atoms with E-state index in [1.807, 2.05) is 12.2 Å². The minimum absolute atomic E-state index is 0.116. The maximum absolute atomic E-state index is 12.8. The standard InChI is InChI=1S/C57H90O6/c1-4-7-10-13-16-19-22-24-26-28-29-30-32-33-35-38-41-44-47-50-56(59)62-53-54(52-61-55(58)49-46-43-40-37-21-18-15-12-9-6-3)63-57(60)51-48-45-42-39-36-34-31-27-25-23-20-17-14-11-8-5-2/h7-8,10-11,16-17,19-20,24-27,29-30,33-36,41,44,54H,4-6,9,12-15,18,21-23,28,31-32,37-40,42-43,45-53H2,1-3H3/b10-7-,11-8-,19-16-,20-17-,26-24-,27-25-,30-29-,35-33-,36-34-,44-41-.